The van der Waals surface area contributed by atoms with Crippen LogP contribution in [0.3, 0.4) is 0 Å². The highest BCUT2D eigenvalue weighted by molar-refractivity contribution is 5.75. The number of aliphatic hydroxyl groups excluding tert-OH is 1. The summed E-state index contributed by atoms with van der Waals surface area (Å²) in [6.45, 7) is 2.85. The maximum absolute atomic E-state index is 11.2. The van der Waals surface area contributed by atoms with Crippen LogP contribution in [-0.4, -0.2) is 48.7 Å². The molecule has 0 saturated carbocycles. The van der Waals surface area contributed by atoms with Crippen LogP contribution < -0.4 is 0 Å². The van der Waals surface area contributed by atoms with E-state index in [1.165, 1.54) is 0 Å². The molecule has 1 rings (SSSR count). The number of aliphatic hydroxyl groups is 1. The molecule has 0 bridgehead atoms. The first-order valence-electron chi connectivity index (χ1n) is 5.17. The fourth-order valence-electron chi connectivity index (χ4n) is 1.92. The molecule has 5 heteroatoms. The van der Waals surface area contributed by atoms with Gasteiger partial charge in [0.2, 0.25) is 0 Å². The molecular formula is C10H18O5. The van der Waals surface area contributed by atoms with Crippen molar-refractivity contribution < 1.29 is 24.5 Å². The third-order valence-electron chi connectivity index (χ3n) is 3.05. The Morgan fingerprint density at radius 2 is 2.33 bits per heavy atom. The molecule has 1 saturated heterocycles. The first-order chi connectivity index (χ1) is 7.13. The molecule has 0 aromatic rings. The average Bonchev–Trinajstić information content (AvgIpc) is 2.56. The smallest absolute Gasteiger partial charge is 0.312 e. The Morgan fingerprint density at radius 3 is 2.80 bits per heavy atom. The van der Waals surface area contributed by atoms with Crippen molar-refractivity contribution in [1.82, 2.24) is 0 Å². The van der Waals surface area contributed by atoms with Crippen molar-refractivity contribution in [2.45, 2.75) is 25.9 Å². The predicted octanol–water partition coefficient (Wildman–Crippen LogP) is 0.265. The number of hydrogen-bond acceptors (Lipinski definition) is 4. The third-order valence-corrected chi connectivity index (χ3v) is 3.05. The van der Waals surface area contributed by atoms with Crippen molar-refractivity contribution in [1.29, 1.82) is 0 Å². The zero-order valence-corrected chi connectivity index (χ0v) is 8.94. The summed E-state index contributed by atoms with van der Waals surface area (Å²) in [5.41, 5.74) is -0.810. The van der Waals surface area contributed by atoms with Crippen LogP contribution in [0, 0.1) is 5.41 Å². The second-order valence-electron chi connectivity index (χ2n) is 3.81. The standard InChI is InChI=1S/C10H18O5/c1-8-10(9(12)13,3-6-15-8)2-5-14-7-4-11/h8,11H,2-7H2,1H3,(H,12,13). The Morgan fingerprint density at radius 1 is 1.60 bits per heavy atom. The van der Waals surface area contributed by atoms with Gasteiger partial charge in [-0.25, -0.2) is 0 Å². The number of rotatable bonds is 6. The van der Waals surface area contributed by atoms with E-state index in [0.29, 0.717) is 26.1 Å². The van der Waals surface area contributed by atoms with Gasteiger partial charge in [0, 0.05) is 13.2 Å². The Kier molecular flexibility index (Phi) is 4.50. The summed E-state index contributed by atoms with van der Waals surface area (Å²) in [5.74, 6) is -0.819. The molecule has 2 unspecified atom stereocenters. The van der Waals surface area contributed by atoms with E-state index in [1.807, 2.05) is 0 Å². The van der Waals surface area contributed by atoms with Crippen molar-refractivity contribution >= 4 is 5.97 Å². The van der Waals surface area contributed by atoms with E-state index < -0.39 is 11.4 Å². The number of aliphatic carboxylic acids is 1. The zero-order valence-electron chi connectivity index (χ0n) is 8.94. The van der Waals surface area contributed by atoms with Crippen molar-refractivity contribution in [3.05, 3.63) is 0 Å². The van der Waals surface area contributed by atoms with Gasteiger partial charge in [-0.1, -0.05) is 0 Å². The number of carboxylic acid groups (broad SMARTS) is 1. The van der Waals surface area contributed by atoms with Crippen LogP contribution in [0.5, 0.6) is 0 Å². The highest BCUT2D eigenvalue weighted by Crippen LogP contribution is 2.38. The molecule has 1 aliphatic heterocycles. The summed E-state index contributed by atoms with van der Waals surface area (Å²) >= 11 is 0. The summed E-state index contributed by atoms with van der Waals surface area (Å²) in [6, 6.07) is 0. The van der Waals surface area contributed by atoms with Gasteiger partial charge in [0.1, 0.15) is 0 Å². The highest BCUT2D eigenvalue weighted by Gasteiger charge is 2.47. The number of hydrogen-bond donors (Lipinski definition) is 2. The van der Waals surface area contributed by atoms with E-state index in [-0.39, 0.29) is 19.3 Å². The predicted molar refractivity (Wildman–Crippen MR) is 52.6 cm³/mol. The van der Waals surface area contributed by atoms with E-state index in [2.05, 4.69) is 0 Å². The van der Waals surface area contributed by atoms with Crippen LogP contribution >= 0.6 is 0 Å². The van der Waals surface area contributed by atoms with Crippen LogP contribution in [-0.2, 0) is 14.3 Å². The normalized spacial score (nSPS) is 30.7. The number of carbonyl (C=O) groups is 1. The summed E-state index contributed by atoms with van der Waals surface area (Å²) < 4.78 is 10.4. The van der Waals surface area contributed by atoms with E-state index in [0.717, 1.165) is 0 Å². The average molecular weight is 218 g/mol. The van der Waals surface area contributed by atoms with Crippen molar-refractivity contribution in [2.75, 3.05) is 26.4 Å². The van der Waals surface area contributed by atoms with Gasteiger partial charge >= 0.3 is 5.97 Å². The zero-order chi connectivity index (χ0) is 11.3. The monoisotopic (exact) mass is 218 g/mol. The fourth-order valence-corrected chi connectivity index (χ4v) is 1.92. The van der Waals surface area contributed by atoms with Gasteiger partial charge in [0.05, 0.1) is 24.7 Å². The molecule has 0 aromatic heterocycles. The molecule has 1 heterocycles. The van der Waals surface area contributed by atoms with Crippen molar-refractivity contribution in [3.63, 3.8) is 0 Å². The van der Waals surface area contributed by atoms with Gasteiger partial charge in [-0.15, -0.1) is 0 Å². The maximum atomic E-state index is 11.2. The molecule has 88 valence electrons. The van der Waals surface area contributed by atoms with Crippen LogP contribution in [0.2, 0.25) is 0 Å². The van der Waals surface area contributed by atoms with Crippen LogP contribution in [0.4, 0.5) is 0 Å². The molecule has 0 amide bonds. The lowest BCUT2D eigenvalue weighted by molar-refractivity contribution is -0.153. The maximum Gasteiger partial charge on any atom is 0.312 e. The second kappa shape index (κ2) is 5.44. The summed E-state index contributed by atoms with van der Waals surface area (Å²) in [5, 5.41) is 17.7. The summed E-state index contributed by atoms with van der Waals surface area (Å²) in [7, 11) is 0. The molecule has 0 radical (unpaired) electrons. The molecule has 0 spiro atoms. The lowest BCUT2D eigenvalue weighted by Gasteiger charge is -2.27. The Labute approximate surface area is 89.0 Å². The van der Waals surface area contributed by atoms with E-state index in [1.54, 1.807) is 6.92 Å². The Balaban J connectivity index is 2.47. The minimum atomic E-state index is -0.819. The van der Waals surface area contributed by atoms with Gasteiger partial charge in [0.25, 0.3) is 0 Å². The summed E-state index contributed by atoms with van der Waals surface area (Å²) in [6.07, 6.45) is 0.697. The van der Waals surface area contributed by atoms with E-state index >= 15 is 0 Å². The molecular weight excluding hydrogens is 200 g/mol. The second-order valence-corrected chi connectivity index (χ2v) is 3.81. The lowest BCUT2D eigenvalue weighted by Crippen LogP contribution is -2.38. The first-order valence-corrected chi connectivity index (χ1v) is 5.17. The van der Waals surface area contributed by atoms with E-state index in [9.17, 15) is 9.90 Å². The third kappa shape index (κ3) is 2.68. The molecule has 1 fully saturated rings. The van der Waals surface area contributed by atoms with Crippen LogP contribution in [0.1, 0.15) is 19.8 Å². The number of ether oxygens (including phenoxy) is 2. The largest absolute Gasteiger partial charge is 0.481 e. The molecule has 2 atom stereocenters. The minimum absolute atomic E-state index is 0.0356. The molecule has 0 aliphatic carbocycles. The quantitative estimate of drug-likeness (QED) is 0.626. The van der Waals surface area contributed by atoms with Crippen molar-refractivity contribution in [2.24, 2.45) is 5.41 Å². The molecule has 0 aromatic carbocycles. The van der Waals surface area contributed by atoms with Gasteiger partial charge < -0.3 is 19.7 Å². The lowest BCUT2D eigenvalue weighted by atomic mass is 9.79. The molecule has 5 nitrogen and oxygen atoms in total. The van der Waals surface area contributed by atoms with Crippen LogP contribution in [0.25, 0.3) is 0 Å². The Hall–Kier alpha value is -0.650. The first kappa shape index (κ1) is 12.4. The highest BCUT2D eigenvalue weighted by atomic mass is 16.5. The fraction of sp³-hybridized carbons (Fsp3) is 0.900. The SMILES string of the molecule is CC1OCCC1(CCOCCO)C(=O)O. The van der Waals surface area contributed by atoms with Gasteiger partial charge in [-0.2, -0.15) is 0 Å². The van der Waals surface area contributed by atoms with Gasteiger partial charge in [-0.3, -0.25) is 4.79 Å². The Bertz CT molecular complexity index is 218. The van der Waals surface area contributed by atoms with Gasteiger partial charge in [-0.05, 0) is 19.8 Å². The van der Waals surface area contributed by atoms with E-state index in [4.69, 9.17) is 14.6 Å². The topological polar surface area (TPSA) is 76.0 Å². The molecule has 15 heavy (non-hydrogen) atoms. The van der Waals surface area contributed by atoms with Gasteiger partial charge in [0.15, 0.2) is 0 Å². The molecule has 2 N–H and O–H groups in total. The number of carboxylic acids is 1. The minimum Gasteiger partial charge on any atom is -0.481 e. The van der Waals surface area contributed by atoms with Crippen molar-refractivity contribution in [3.8, 4) is 0 Å². The molecule has 1 aliphatic rings. The summed E-state index contributed by atoms with van der Waals surface area (Å²) in [4.78, 5) is 11.2. The van der Waals surface area contributed by atoms with Crippen LogP contribution in [0.15, 0.2) is 0 Å².